The molecule has 0 amide bonds. The molecule has 4 aromatic rings. The largest absolute Gasteiger partial charge is 0.456 e. The molecule has 2 heterocycles. The van der Waals surface area contributed by atoms with Gasteiger partial charge in [0.1, 0.15) is 22.8 Å². The molecule has 1 aliphatic rings. The van der Waals surface area contributed by atoms with Crippen molar-refractivity contribution in [2.24, 2.45) is 0 Å². The average Bonchev–Trinajstić information content (AvgIpc) is 3.19. The molecule has 4 heteroatoms. The Hall–Kier alpha value is -3.63. The fourth-order valence-electron chi connectivity index (χ4n) is 4.07. The normalized spacial score (nSPS) is 14.4. The first kappa shape index (κ1) is 21.2. The Morgan fingerprint density at radius 1 is 0.909 bits per heavy atom. The third-order valence-electron chi connectivity index (χ3n) is 5.81. The minimum absolute atomic E-state index is 0.852. The quantitative estimate of drug-likeness (QED) is 0.310. The summed E-state index contributed by atoms with van der Waals surface area (Å²) >= 11 is 1.79. The molecule has 0 N–H and O–H groups in total. The van der Waals surface area contributed by atoms with Gasteiger partial charge in [-0.25, -0.2) is 0 Å². The number of hydrogen-bond donors (Lipinski definition) is 0. The van der Waals surface area contributed by atoms with Gasteiger partial charge in [0.05, 0.1) is 6.08 Å². The number of hydrogen-bond acceptors (Lipinski definition) is 3. The van der Waals surface area contributed by atoms with Crippen LogP contribution in [0.3, 0.4) is 0 Å². The van der Waals surface area contributed by atoms with Gasteiger partial charge in [-0.2, -0.15) is 4.57 Å². The Morgan fingerprint density at radius 2 is 1.67 bits per heavy atom. The zero-order chi connectivity index (χ0) is 22.8. The Balaban J connectivity index is 1.53. The van der Waals surface area contributed by atoms with Gasteiger partial charge in [0.15, 0.2) is 0 Å². The lowest BCUT2D eigenvalue weighted by Crippen LogP contribution is -2.33. The predicted octanol–water partition coefficient (Wildman–Crippen LogP) is 6.81. The number of aromatic nitrogens is 1. The van der Waals surface area contributed by atoms with Crippen molar-refractivity contribution in [3.8, 4) is 5.75 Å². The number of aryl methyl sites for hydroxylation is 1. The number of ether oxygens (including phenoxy) is 1. The molecule has 0 atom stereocenters. The lowest BCUT2D eigenvalue weighted by Gasteiger charge is -2.18. The lowest BCUT2D eigenvalue weighted by atomic mass is 10.00. The summed E-state index contributed by atoms with van der Waals surface area (Å²) in [5, 5.41) is 1.19. The first-order valence-electron chi connectivity index (χ1n) is 11.2. The number of fused-ring (bicyclic) bond motifs is 2. The highest BCUT2D eigenvalue weighted by atomic mass is 32.1. The van der Waals surface area contributed by atoms with Gasteiger partial charge in [0.25, 0.3) is 5.01 Å². The van der Waals surface area contributed by atoms with E-state index in [4.69, 9.17) is 4.74 Å². The van der Waals surface area contributed by atoms with E-state index < -0.39 is 0 Å². The predicted molar refractivity (Wildman–Crippen MR) is 141 cm³/mol. The Kier molecular flexibility index (Phi) is 5.84. The van der Waals surface area contributed by atoms with E-state index in [2.05, 4.69) is 115 Å². The summed E-state index contributed by atoms with van der Waals surface area (Å²) in [4.78, 5) is 2.11. The fraction of sp³-hybridized carbons (Fsp3) is 0.138. The highest BCUT2D eigenvalue weighted by Gasteiger charge is 2.20. The van der Waals surface area contributed by atoms with Crippen LogP contribution in [-0.4, -0.2) is 14.1 Å². The number of anilines is 1. The van der Waals surface area contributed by atoms with Gasteiger partial charge in [-0.15, -0.1) is 0 Å². The highest BCUT2D eigenvalue weighted by Crippen LogP contribution is 2.35. The van der Waals surface area contributed by atoms with E-state index in [0.717, 1.165) is 29.2 Å². The summed E-state index contributed by atoms with van der Waals surface area (Å²) in [6, 6.07) is 25.4. The molecule has 1 aromatic heterocycles. The fourth-order valence-corrected chi connectivity index (χ4v) is 5.24. The molecule has 164 valence electrons. The number of nitrogens with zero attached hydrogens (tertiary/aromatic N) is 2. The monoisotopic (exact) mass is 451 g/mol. The van der Waals surface area contributed by atoms with Gasteiger partial charge in [0.2, 0.25) is 5.52 Å². The third kappa shape index (κ3) is 4.35. The molecule has 3 aromatic carbocycles. The van der Waals surface area contributed by atoms with Gasteiger partial charge in [-0.05, 0) is 48.4 Å². The molecule has 0 radical (unpaired) electrons. The van der Waals surface area contributed by atoms with Gasteiger partial charge in [-0.3, -0.25) is 0 Å². The van der Waals surface area contributed by atoms with Gasteiger partial charge < -0.3 is 9.64 Å². The smallest absolute Gasteiger partial charge is 0.266 e. The summed E-state index contributed by atoms with van der Waals surface area (Å²) in [6.45, 7) is 3.10. The molecule has 3 nitrogen and oxygen atoms in total. The van der Waals surface area contributed by atoms with E-state index in [1.165, 1.54) is 26.5 Å². The Labute approximate surface area is 199 Å². The first-order chi connectivity index (χ1) is 16.1. The summed E-state index contributed by atoms with van der Waals surface area (Å²) in [5.41, 5.74) is 5.88. The number of benzene rings is 3. The van der Waals surface area contributed by atoms with Crippen molar-refractivity contribution in [2.75, 3.05) is 19.0 Å². The molecule has 0 aliphatic carbocycles. The van der Waals surface area contributed by atoms with Crippen molar-refractivity contribution in [3.63, 3.8) is 0 Å². The summed E-state index contributed by atoms with van der Waals surface area (Å²) < 4.78 is 9.92. The van der Waals surface area contributed by atoms with Crippen LogP contribution < -0.4 is 14.2 Å². The lowest BCUT2D eigenvalue weighted by molar-refractivity contribution is -0.665. The molecule has 0 unspecified atom stereocenters. The highest BCUT2D eigenvalue weighted by molar-refractivity contribution is 7.18. The summed E-state index contributed by atoms with van der Waals surface area (Å²) in [6.07, 6.45) is 8.64. The van der Waals surface area contributed by atoms with Crippen molar-refractivity contribution < 1.29 is 9.30 Å². The minimum atomic E-state index is 0.852. The maximum absolute atomic E-state index is 6.29. The van der Waals surface area contributed by atoms with E-state index in [-0.39, 0.29) is 0 Å². The maximum Gasteiger partial charge on any atom is 0.266 e. The van der Waals surface area contributed by atoms with Crippen LogP contribution in [0, 0.1) is 0 Å². The number of allylic oxidation sites excluding steroid dienone is 3. The van der Waals surface area contributed by atoms with E-state index in [1.807, 2.05) is 12.1 Å². The third-order valence-corrected chi connectivity index (χ3v) is 6.92. The first-order valence-corrected chi connectivity index (χ1v) is 12.0. The molecule has 1 aliphatic heterocycles. The minimum Gasteiger partial charge on any atom is -0.456 e. The molecule has 0 fully saturated rings. The second-order valence-electron chi connectivity index (χ2n) is 8.22. The molecule has 5 rings (SSSR count). The number of rotatable bonds is 5. The molecule has 0 bridgehead atoms. The van der Waals surface area contributed by atoms with Crippen LogP contribution in [-0.2, 0) is 6.54 Å². The van der Waals surface area contributed by atoms with E-state index >= 15 is 0 Å². The van der Waals surface area contributed by atoms with Crippen LogP contribution in [0.2, 0.25) is 0 Å². The SMILES string of the molecule is CC[n+]1c(C=C2C=C(C=Cc3ccc(N(C)C)cc3)c3ccccc3O2)sc2ccccc21. The van der Waals surface area contributed by atoms with Crippen molar-refractivity contribution in [1.29, 1.82) is 0 Å². The van der Waals surface area contributed by atoms with Crippen molar-refractivity contribution >= 4 is 45.0 Å². The van der Waals surface area contributed by atoms with Crippen LogP contribution in [0.5, 0.6) is 5.75 Å². The van der Waals surface area contributed by atoms with Gasteiger partial charge in [0, 0.05) is 31.4 Å². The van der Waals surface area contributed by atoms with Gasteiger partial charge in [-0.1, -0.05) is 66.0 Å². The summed E-state index contributed by atoms with van der Waals surface area (Å²) in [5.74, 6) is 1.74. The second kappa shape index (κ2) is 9.08. The molecule has 0 spiro atoms. The number of thiazole rings is 1. The standard InChI is InChI=1S/C29H27N2OS/c1-4-31-26-10-6-8-12-28(26)33-29(31)20-24-19-22(25-9-5-7-11-27(25)32-24)16-13-21-14-17-23(18-15-21)30(2)3/h5-20H,4H2,1-3H3/q+1. The Bertz CT molecular complexity index is 1390. The van der Waals surface area contributed by atoms with Crippen molar-refractivity contribution in [3.05, 3.63) is 107 Å². The van der Waals surface area contributed by atoms with E-state index in [1.54, 1.807) is 11.3 Å². The Morgan fingerprint density at radius 3 is 2.45 bits per heavy atom. The number of para-hydroxylation sites is 2. The zero-order valence-electron chi connectivity index (χ0n) is 19.2. The van der Waals surface area contributed by atoms with Crippen LogP contribution in [0.1, 0.15) is 23.1 Å². The zero-order valence-corrected chi connectivity index (χ0v) is 20.0. The topological polar surface area (TPSA) is 16.4 Å². The van der Waals surface area contributed by atoms with Crippen molar-refractivity contribution in [2.45, 2.75) is 13.5 Å². The molecule has 0 saturated heterocycles. The van der Waals surface area contributed by atoms with Crippen LogP contribution >= 0.6 is 11.3 Å². The van der Waals surface area contributed by atoms with Crippen LogP contribution in [0.15, 0.2) is 90.7 Å². The molecular weight excluding hydrogens is 424 g/mol. The molecule has 33 heavy (non-hydrogen) atoms. The van der Waals surface area contributed by atoms with Crippen LogP contribution in [0.25, 0.3) is 27.9 Å². The van der Waals surface area contributed by atoms with Crippen molar-refractivity contribution in [1.82, 2.24) is 0 Å². The summed E-state index contributed by atoms with van der Waals surface area (Å²) in [7, 11) is 4.11. The maximum atomic E-state index is 6.29. The van der Waals surface area contributed by atoms with E-state index in [9.17, 15) is 0 Å². The molecule has 0 saturated carbocycles. The van der Waals surface area contributed by atoms with Crippen LogP contribution in [0.4, 0.5) is 5.69 Å². The second-order valence-corrected chi connectivity index (χ2v) is 9.28. The van der Waals surface area contributed by atoms with Gasteiger partial charge >= 0.3 is 0 Å². The average molecular weight is 452 g/mol. The molecular formula is C29H27N2OS+. The van der Waals surface area contributed by atoms with E-state index in [0.29, 0.717) is 0 Å².